The standard InChI is InChI=1S/C24H19FN2O5S/c1-32-24(31)16-6-10-18(11-7-16)27-21(28)13-19(22(27)29)26(23(30)20-3-2-12-33-20)14-15-4-8-17(25)9-5-15/h2-12,19H,13-14H2,1H3. The van der Waals surface area contributed by atoms with E-state index in [1.807, 2.05) is 0 Å². The molecule has 7 nitrogen and oxygen atoms in total. The van der Waals surface area contributed by atoms with Crippen molar-refractivity contribution in [2.75, 3.05) is 12.0 Å². The van der Waals surface area contributed by atoms with Gasteiger partial charge in [0.2, 0.25) is 5.91 Å². The molecule has 0 radical (unpaired) electrons. The Kier molecular flexibility index (Phi) is 6.32. The van der Waals surface area contributed by atoms with Gasteiger partial charge in [0.05, 0.1) is 29.7 Å². The highest BCUT2D eigenvalue weighted by Gasteiger charge is 2.44. The van der Waals surface area contributed by atoms with E-state index < -0.39 is 29.6 Å². The third-order valence-corrected chi connectivity index (χ3v) is 6.16. The van der Waals surface area contributed by atoms with E-state index in [-0.39, 0.29) is 24.4 Å². The van der Waals surface area contributed by atoms with Crippen molar-refractivity contribution in [1.29, 1.82) is 0 Å². The molecular weight excluding hydrogens is 447 g/mol. The first-order valence-electron chi connectivity index (χ1n) is 10.0. The molecule has 1 unspecified atom stereocenters. The number of rotatable bonds is 6. The maximum Gasteiger partial charge on any atom is 0.337 e. The average molecular weight is 466 g/mol. The Morgan fingerprint density at radius 3 is 2.39 bits per heavy atom. The molecule has 1 saturated heterocycles. The fraction of sp³-hybridized carbons (Fsp3) is 0.167. The number of nitrogens with zero attached hydrogens (tertiary/aromatic N) is 2. The van der Waals surface area contributed by atoms with E-state index >= 15 is 0 Å². The summed E-state index contributed by atoms with van der Waals surface area (Å²) in [5.74, 6) is -2.34. The minimum Gasteiger partial charge on any atom is -0.465 e. The maximum absolute atomic E-state index is 13.3. The number of thiophene rings is 1. The van der Waals surface area contributed by atoms with Gasteiger partial charge < -0.3 is 9.64 Å². The number of ether oxygens (including phenoxy) is 1. The molecule has 33 heavy (non-hydrogen) atoms. The van der Waals surface area contributed by atoms with Crippen LogP contribution in [0.5, 0.6) is 0 Å². The highest BCUT2D eigenvalue weighted by atomic mass is 32.1. The number of carbonyl (C=O) groups excluding carboxylic acids is 4. The molecule has 0 bridgehead atoms. The largest absolute Gasteiger partial charge is 0.465 e. The molecule has 3 amide bonds. The summed E-state index contributed by atoms with van der Waals surface area (Å²) < 4.78 is 18.0. The number of halogens is 1. The van der Waals surface area contributed by atoms with Crippen LogP contribution in [0.3, 0.4) is 0 Å². The third kappa shape index (κ3) is 4.54. The number of benzene rings is 2. The fourth-order valence-corrected chi connectivity index (χ4v) is 4.33. The molecular formula is C24H19FN2O5S. The molecule has 1 aromatic heterocycles. The van der Waals surface area contributed by atoms with E-state index in [9.17, 15) is 23.6 Å². The number of anilines is 1. The van der Waals surface area contributed by atoms with Crippen molar-refractivity contribution in [3.05, 3.63) is 87.9 Å². The molecule has 1 fully saturated rings. The van der Waals surface area contributed by atoms with Crippen LogP contribution in [0, 0.1) is 5.82 Å². The number of methoxy groups -OCH3 is 1. The van der Waals surface area contributed by atoms with Gasteiger partial charge in [-0.15, -0.1) is 11.3 Å². The Bertz CT molecular complexity index is 1190. The van der Waals surface area contributed by atoms with Gasteiger partial charge in [0.15, 0.2) is 0 Å². The van der Waals surface area contributed by atoms with Gasteiger partial charge in [-0.1, -0.05) is 18.2 Å². The summed E-state index contributed by atoms with van der Waals surface area (Å²) in [5.41, 5.74) is 1.20. The van der Waals surface area contributed by atoms with Crippen molar-refractivity contribution in [2.24, 2.45) is 0 Å². The first-order valence-corrected chi connectivity index (χ1v) is 10.9. The first-order chi connectivity index (χ1) is 15.9. The molecule has 0 aliphatic carbocycles. The Balaban J connectivity index is 1.63. The number of carbonyl (C=O) groups is 4. The van der Waals surface area contributed by atoms with E-state index in [2.05, 4.69) is 4.74 Å². The summed E-state index contributed by atoms with van der Waals surface area (Å²) in [6.07, 6.45) is -0.185. The van der Waals surface area contributed by atoms with Gasteiger partial charge in [-0.3, -0.25) is 14.4 Å². The van der Waals surface area contributed by atoms with E-state index in [0.717, 1.165) is 4.90 Å². The maximum atomic E-state index is 13.3. The predicted molar refractivity (Wildman–Crippen MR) is 119 cm³/mol. The van der Waals surface area contributed by atoms with Crippen LogP contribution in [0.15, 0.2) is 66.0 Å². The van der Waals surface area contributed by atoms with Crippen LogP contribution in [0.4, 0.5) is 10.1 Å². The van der Waals surface area contributed by atoms with Crippen molar-refractivity contribution in [1.82, 2.24) is 4.90 Å². The summed E-state index contributed by atoms with van der Waals surface area (Å²) in [5, 5.41) is 1.75. The van der Waals surface area contributed by atoms with Crippen LogP contribution >= 0.6 is 11.3 Å². The molecule has 2 aromatic carbocycles. The first kappa shape index (κ1) is 22.3. The smallest absolute Gasteiger partial charge is 0.337 e. The zero-order valence-corrected chi connectivity index (χ0v) is 18.4. The molecule has 0 N–H and O–H groups in total. The Morgan fingerprint density at radius 1 is 1.09 bits per heavy atom. The molecule has 168 valence electrons. The van der Waals surface area contributed by atoms with Gasteiger partial charge >= 0.3 is 5.97 Å². The van der Waals surface area contributed by atoms with Gasteiger partial charge in [0.25, 0.3) is 11.8 Å². The van der Waals surface area contributed by atoms with Crippen LogP contribution in [-0.2, 0) is 20.9 Å². The van der Waals surface area contributed by atoms with Crippen molar-refractivity contribution >= 4 is 40.7 Å². The van der Waals surface area contributed by atoms with Gasteiger partial charge in [0, 0.05) is 6.54 Å². The van der Waals surface area contributed by atoms with Crippen LogP contribution in [0.2, 0.25) is 0 Å². The van der Waals surface area contributed by atoms with Crippen molar-refractivity contribution in [2.45, 2.75) is 19.0 Å². The van der Waals surface area contributed by atoms with E-state index in [1.54, 1.807) is 17.5 Å². The van der Waals surface area contributed by atoms with E-state index in [4.69, 9.17) is 0 Å². The van der Waals surface area contributed by atoms with Crippen molar-refractivity contribution < 1.29 is 28.3 Å². The normalized spacial score (nSPS) is 15.6. The van der Waals surface area contributed by atoms with E-state index in [1.165, 1.54) is 71.9 Å². The molecule has 3 aromatic rings. The molecule has 0 saturated carbocycles. The lowest BCUT2D eigenvalue weighted by molar-refractivity contribution is -0.122. The number of hydrogen-bond acceptors (Lipinski definition) is 6. The number of esters is 1. The molecule has 1 aliphatic rings. The lowest BCUT2D eigenvalue weighted by Crippen LogP contribution is -2.44. The topological polar surface area (TPSA) is 84.0 Å². The Hall–Kier alpha value is -3.85. The molecule has 0 spiro atoms. The molecule has 4 rings (SSSR count). The Labute approximate surface area is 193 Å². The van der Waals surface area contributed by atoms with Crippen LogP contribution in [0.25, 0.3) is 0 Å². The lowest BCUT2D eigenvalue weighted by Gasteiger charge is -2.27. The molecule has 1 atom stereocenters. The summed E-state index contributed by atoms with van der Waals surface area (Å²) >= 11 is 1.23. The minimum absolute atomic E-state index is 0.0375. The predicted octanol–water partition coefficient (Wildman–Crippen LogP) is 3.65. The van der Waals surface area contributed by atoms with Gasteiger partial charge in [-0.05, 0) is 53.4 Å². The summed E-state index contributed by atoms with van der Waals surface area (Å²) in [7, 11) is 1.26. The van der Waals surface area contributed by atoms with Crippen LogP contribution < -0.4 is 4.90 Å². The SMILES string of the molecule is COC(=O)c1ccc(N2C(=O)CC(N(Cc3ccc(F)cc3)C(=O)c3cccs3)C2=O)cc1. The van der Waals surface area contributed by atoms with Crippen LogP contribution in [-0.4, -0.2) is 41.7 Å². The zero-order valence-electron chi connectivity index (χ0n) is 17.6. The summed E-state index contributed by atoms with van der Waals surface area (Å²) in [4.78, 5) is 53.8. The van der Waals surface area contributed by atoms with Gasteiger partial charge in [0.1, 0.15) is 11.9 Å². The van der Waals surface area contributed by atoms with Gasteiger partial charge in [-0.2, -0.15) is 0 Å². The van der Waals surface area contributed by atoms with Crippen molar-refractivity contribution in [3.63, 3.8) is 0 Å². The zero-order chi connectivity index (χ0) is 23.5. The minimum atomic E-state index is -1.02. The fourth-order valence-electron chi connectivity index (χ4n) is 3.65. The molecule has 9 heteroatoms. The molecule has 1 aliphatic heterocycles. The van der Waals surface area contributed by atoms with Crippen LogP contribution in [0.1, 0.15) is 32.0 Å². The highest BCUT2D eigenvalue weighted by Crippen LogP contribution is 2.29. The lowest BCUT2D eigenvalue weighted by atomic mass is 10.1. The number of amides is 3. The van der Waals surface area contributed by atoms with E-state index in [0.29, 0.717) is 16.1 Å². The second-order valence-corrected chi connectivity index (χ2v) is 8.31. The Morgan fingerprint density at radius 2 is 1.79 bits per heavy atom. The second kappa shape index (κ2) is 9.33. The number of imide groups is 1. The van der Waals surface area contributed by atoms with Gasteiger partial charge in [-0.25, -0.2) is 14.1 Å². The molecule has 2 heterocycles. The van der Waals surface area contributed by atoms with Crippen molar-refractivity contribution in [3.8, 4) is 0 Å². The second-order valence-electron chi connectivity index (χ2n) is 7.36. The average Bonchev–Trinajstić information content (AvgIpc) is 3.46. The highest BCUT2D eigenvalue weighted by molar-refractivity contribution is 7.12. The number of hydrogen-bond donors (Lipinski definition) is 0. The monoisotopic (exact) mass is 466 g/mol. The quantitative estimate of drug-likeness (QED) is 0.409. The summed E-state index contributed by atoms with van der Waals surface area (Å²) in [6.45, 7) is 0.0375. The third-order valence-electron chi connectivity index (χ3n) is 5.30. The summed E-state index contributed by atoms with van der Waals surface area (Å²) in [6, 6.07) is 13.9.